The van der Waals surface area contributed by atoms with E-state index in [0.29, 0.717) is 18.9 Å². The van der Waals surface area contributed by atoms with Crippen molar-refractivity contribution >= 4 is 11.8 Å². The molecule has 0 saturated carbocycles. The number of quaternary nitrogens is 1. The van der Waals surface area contributed by atoms with Gasteiger partial charge in [0.1, 0.15) is 5.41 Å². The van der Waals surface area contributed by atoms with Crippen LogP contribution in [0.25, 0.3) is 0 Å². The third-order valence-corrected chi connectivity index (χ3v) is 4.79. The maximum atomic E-state index is 12.4. The molecule has 0 aromatic carbocycles. The van der Waals surface area contributed by atoms with Gasteiger partial charge in [0, 0.05) is 25.8 Å². The number of likely N-dealkylation sites (tertiary alicyclic amines) is 1. The summed E-state index contributed by atoms with van der Waals surface area (Å²) in [6, 6.07) is 0. The van der Waals surface area contributed by atoms with E-state index in [1.165, 1.54) is 22.9 Å². The number of hydrogen-bond donors (Lipinski definition) is 1. The van der Waals surface area contributed by atoms with Gasteiger partial charge in [0.25, 0.3) is 0 Å². The van der Waals surface area contributed by atoms with Gasteiger partial charge >= 0.3 is 0 Å². The Morgan fingerprint density at radius 3 is 2.50 bits per heavy atom. The van der Waals surface area contributed by atoms with Gasteiger partial charge < -0.3 is 4.90 Å². The number of rotatable bonds is 1. The minimum Gasteiger partial charge on any atom is -0.334 e. The number of piperidine rings is 3. The molecule has 4 fully saturated rings. The second-order valence-corrected chi connectivity index (χ2v) is 5.48. The lowest BCUT2D eigenvalue weighted by molar-refractivity contribution is -0.924. The van der Waals surface area contributed by atoms with Crippen molar-refractivity contribution < 1.29 is 14.5 Å². The van der Waals surface area contributed by atoms with Crippen LogP contribution >= 0.6 is 0 Å². The summed E-state index contributed by atoms with van der Waals surface area (Å²) in [5, 5.41) is 0. The smallest absolute Gasteiger partial charge is 0.241 e. The van der Waals surface area contributed by atoms with Crippen LogP contribution in [-0.2, 0) is 9.59 Å². The van der Waals surface area contributed by atoms with E-state index in [4.69, 9.17) is 0 Å². The monoisotopic (exact) mass is 223 g/mol. The van der Waals surface area contributed by atoms with Crippen LogP contribution in [0.5, 0.6) is 0 Å². The van der Waals surface area contributed by atoms with Gasteiger partial charge in [0.05, 0.1) is 19.6 Å². The van der Waals surface area contributed by atoms with Crippen LogP contribution in [0, 0.1) is 11.3 Å². The molecular formula is C12H19N2O2+. The summed E-state index contributed by atoms with van der Waals surface area (Å²) in [6.45, 7) is 5.73. The normalized spacial score (nSPS) is 42.4. The average Bonchev–Trinajstić information content (AvgIpc) is 2.52. The lowest BCUT2D eigenvalue weighted by atomic mass is 9.65. The Kier molecular flexibility index (Phi) is 2.11. The topological polar surface area (TPSA) is 41.8 Å². The van der Waals surface area contributed by atoms with E-state index in [1.54, 1.807) is 0 Å². The maximum Gasteiger partial charge on any atom is 0.241 e. The van der Waals surface area contributed by atoms with E-state index in [0.717, 1.165) is 19.4 Å². The Morgan fingerprint density at radius 2 is 2.06 bits per heavy atom. The fourth-order valence-electron chi connectivity index (χ4n) is 3.95. The van der Waals surface area contributed by atoms with Crippen molar-refractivity contribution in [2.75, 3.05) is 26.2 Å². The first-order chi connectivity index (χ1) is 7.67. The summed E-state index contributed by atoms with van der Waals surface area (Å²) in [4.78, 5) is 27.3. The molecule has 2 amide bonds. The highest BCUT2D eigenvalue weighted by molar-refractivity contribution is 6.06. The molecule has 0 radical (unpaired) electrons. The second-order valence-electron chi connectivity index (χ2n) is 5.48. The SMILES string of the molecule is CCN1C(=O)C[C@]2(C[NH+]3CCC2CC3)C1=O. The van der Waals surface area contributed by atoms with Gasteiger partial charge in [-0.05, 0) is 12.8 Å². The van der Waals surface area contributed by atoms with Gasteiger partial charge in [-0.3, -0.25) is 14.5 Å². The van der Waals surface area contributed by atoms with E-state index in [1.807, 2.05) is 6.92 Å². The molecule has 0 unspecified atom stereocenters. The van der Waals surface area contributed by atoms with Crippen LogP contribution in [0.15, 0.2) is 0 Å². The molecule has 4 heteroatoms. The molecular weight excluding hydrogens is 204 g/mol. The second kappa shape index (κ2) is 3.29. The molecule has 4 aliphatic rings. The highest BCUT2D eigenvalue weighted by Crippen LogP contribution is 2.44. The minimum absolute atomic E-state index is 0.0562. The Bertz CT molecular complexity index is 347. The lowest BCUT2D eigenvalue weighted by Crippen LogP contribution is -3.17. The number of hydrogen-bond acceptors (Lipinski definition) is 2. The zero-order valence-electron chi connectivity index (χ0n) is 9.79. The zero-order chi connectivity index (χ0) is 11.3. The number of carbonyl (C=O) groups excluding carboxylic acids is 2. The van der Waals surface area contributed by atoms with Gasteiger partial charge in [-0.25, -0.2) is 0 Å². The summed E-state index contributed by atoms with van der Waals surface area (Å²) < 4.78 is 0. The highest BCUT2D eigenvalue weighted by atomic mass is 16.2. The Labute approximate surface area is 95.6 Å². The third-order valence-electron chi connectivity index (χ3n) is 4.79. The summed E-state index contributed by atoms with van der Waals surface area (Å²) >= 11 is 0. The van der Waals surface area contributed by atoms with Crippen molar-refractivity contribution in [3.8, 4) is 0 Å². The van der Waals surface area contributed by atoms with E-state index in [9.17, 15) is 9.59 Å². The van der Waals surface area contributed by atoms with Crippen molar-refractivity contribution in [2.45, 2.75) is 26.2 Å². The zero-order valence-corrected chi connectivity index (χ0v) is 9.79. The van der Waals surface area contributed by atoms with E-state index in [2.05, 4.69) is 0 Å². The fraction of sp³-hybridized carbons (Fsp3) is 0.833. The number of amides is 2. The number of nitrogens with zero attached hydrogens (tertiary/aromatic N) is 1. The van der Waals surface area contributed by atoms with Gasteiger partial charge in [0.2, 0.25) is 11.8 Å². The lowest BCUT2D eigenvalue weighted by Gasteiger charge is -2.47. The van der Waals surface area contributed by atoms with Gasteiger partial charge in [0.15, 0.2) is 0 Å². The number of fused-ring (bicyclic) bond motifs is 2. The van der Waals surface area contributed by atoms with Crippen LogP contribution in [0.1, 0.15) is 26.2 Å². The Balaban J connectivity index is 1.95. The van der Waals surface area contributed by atoms with Crippen LogP contribution in [-0.4, -0.2) is 42.9 Å². The fourth-order valence-corrected chi connectivity index (χ4v) is 3.95. The summed E-state index contributed by atoms with van der Waals surface area (Å²) in [5.74, 6) is 0.653. The molecule has 2 bridgehead atoms. The van der Waals surface area contributed by atoms with Crippen molar-refractivity contribution in [3.63, 3.8) is 0 Å². The molecule has 1 atom stereocenters. The van der Waals surface area contributed by atoms with Crippen molar-refractivity contribution in [3.05, 3.63) is 0 Å². The molecule has 1 spiro atoms. The van der Waals surface area contributed by atoms with Gasteiger partial charge in [-0.15, -0.1) is 0 Å². The van der Waals surface area contributed by atoms with E-state index >= 15 is 0 Å². The van der Waals surface area contributed by atoms with Crippen molar-refractivity contribution in [2.24, 2.45) is 11.3 Å². The first-order valence-corrected chi connectivity index (χ1v) is 6.36. The largest absolute Gasteiger partial charge is 0.334 e. The van der Waals surface area contributed by atoms with Crippen molar-refractivity contribution in [1.29, 1.82) is 0 Å². The van der Waals surface area contributed by atoms with Crippen molar-refractivity contribution in [1.82, 2.24) is 4.90 Å². The van der Waals surface area contributed by atoms with Crippen LogP contribution in [0.2, 0.25) is 0 Å². The van der Waals surface area contributed by atoms with Crippen LogP contribution in [0.4, 0.5) is 0 Å². The molecule has 4 saturated heterocycles. The quantitative estimate of drug-likeness (QED) is 0.583. The van der Waals surface area contributed by atoms with Gasteiger partial charge in [-0.1, -0.05) is 0 Å². The molecule has 16 heavy (non-hydrogen) atoms. The first kappa shape index (κ1) is 10.3. The molecule has 4 rings (SSSR count). The Hall–Kier alpha value is -0.900. The molecule has 4 heterocycles. The molecule has 88 valence electrons. The summed E-state index contributed by atoms with van der Waals surface area (Å²) in [6.07, 6.45) is 2.74. The molecule has 0 aromatic heterocycles. The molecule has 0 aliphatic carbocycles. The Morgan fingerprint density at radius 1 is 1.38 bits per heavy atom. The molecule has 4 nitrogen and oxygen atoms in total. The number of nitrogens with one attached hydrogen (secondary N) is 1. The van der Waals surface area contributed by atoms with E-state index in [-0.39, 0.29) is 17.2 Å². The molecule has 0 aromatic rings. The van der Waals surface area contributed by atoms with E-state index < -0.39 is 0 Å². The van der Waals surface area contributed by atoms with Gasteiger partial charge in [-0.2, -0.15) is 0 Å². The predicted octanol–water partition coefficient (Wildman–Crippen LogP) is -0.940. The minimum atomic E-state index is -0.307. The first-order valence-electron chi connectivity index (χ1n) is 6.36. The number of imide groups is 1. The van der Waals surface area contributed by atoms with Crippen LogP contribution < -0.4 is 4.90 Å². The molecule has 1 N–H and O–H groups in total. The highest BCUT2D eigenvalue weighted by Gasteiger charge is 2.61. The molecule has 4 aliphatic heterocycles. The third kappa shape index (κ3) is 1.14. The average molecular weight is 223 g/mol. The standard InChI is InChI=1S/C12H18N2O2/c1-2-14-10(15)7-12(11(14)16)8-13-5-3-9(12)4-6-13/h9H,2-8H2,1H3/p+1/t12-/m1/s1. The van der Waals surface area contributed by atoms with Crippen LogP contribution in [0.3, 0.4) is 0 Å². The maximum absolute atomic E-state index is 12.4. The predicted molar refractivity (Wildman–Crippen MR) is 57.7 cm³/mol. The summed E-state index contributed by atoms with van der Waals surface area (Å²) in [5.41, 5.74) is -0.307. The number of carbonyl (C=O) groups is 2. The summed E-state index contributed by atoms with van der Waals surface area (Å²) in [7, 11) is 0.